The van der Waals surface area contributed by atoms with Crippen molar-refractivity contribution in [3.05, 3.63) is 21.6 Å². The minimum Gasteiger partial charge on any atom is -0.369 e. The molecule has 3 rings (SSSR count). The topological polar surface area (TPSA) is 83.8 Å². The van der Waals surface area contributed by atoms with Gasteiger partial charge in [-0.2, -0.15) is 0 Å². The smallest absolute Gasteiger partial charge is 0.257 e. The molecule has 1 aliphatic carbocycles. The second kappa shape index (κ2) is 3.06. The lowest BCUT2D eigenvalue weighted by Crippen LogP contribution is -2.41. The van der Waals surface area contributed by atoms with Gasteiger partial charge in [0.1, 0.15) is 0 Å². The molecule has 0 spiro atoms. The molecule has 0 radical (unpaired) electrons. The summed E-state index contributed by atoms with van der Waals surface area (Å²) in [5, 5.41) is 3.40. The van der Waals surface area contributed by atoms with Gasteiger partial charge in [-0.15, -0.1) is 0 Å². The first-order chi connectivity index (χ1) is 7.24. The van der Waals surface area contributed by atoms with Gasteiger partial charge in [0.2, 0.25) is 5.95 Å². The summed E-state index contributed by atoms with van der Waals surface area (Å²) in [4.78, 5) is 18.3. The van der Waals surface area contributed by atoms with E-state index in [1.165, 1.54) is 12.8 Å². The molecule has 1 fully saturated rings. The number of nitrogens with zero attached hydrogens (tertiary/aromatic N) is 1. The third-order valence-electron chi connectivity index (χ3n) is 3.26. The fourth-order valence-electron chi connectivity index (χ4n) is 2.26. The molecular weight excluding hydrogens is 192 g/mol. The first-order valence-corrected chi connectivity index (χ1v) is 5.35. The molecule has 5 heteroatoms. The van der Waals surface area contributed by atoms with Crippen LogP contribution in [0.1, 0.15) is 24.1 Å². The molecule has 1 aromatic rings. The Morgan fingerprint density at radius 3 is 2.93 bits per heavy atom. The Bertz CT molecular complexity index is 449. The number of nitrogens with one attached hydrogen (secondary N) is 2. The van der Waals surface area contributed by atoms with E-state index in [1.807, 2.05) is 0 Å². The predicted octanol–water partition coefficient (Wildman–Crippen LogP) is -0.224. The Morgan fingerprint density at radius 2 is 2.20 bits per heavy atom. The van der Waals surface area contributed by atoms with Gasteiger partial charge in [-0.1, -0.05) is 0 Å². The maximum atomic E-state index is 11.6. The molecule has 15 heavy (non-hydrogen) atoms. The minimum absolute atomic E-state index is 0.0979. The van der Waals surface area contributed by atoms with Crippen LogP contribution in [0.4, 0.5) is 5.95 Å². The van der Waals surface area contributed by atoms with Gasteiger partial charge in [0.15, 0.2) is 0 Å². The number of nitrogen functional groups attached to an aromatic ring is 1. The van der Waals surface area contributed by atoms with Crippen LogP contribution < -0.4 is 16.6 Å². The summed E-state index contributed by atoms with van der Waals surface area (Å²) in [6.07, 6.45) is 3.44. The second-order valence-corrected chi connectivity index (χ2v) is 4.41. The Morgan fingerprint density at radius 1 is 1.40 bits per heavy atom. The van der Waals surface area contributed by atoms with Gasteiger partial charge in [-0.3, -0.25) is 9.78 Å². The zero-order chi connectivity index (χ0) is 10.4. The molecule has 1 aliphatic heterocycles. The first kappa shape index (κ1) is 8.91. The minimum atomic E-state index is -0.0979. The van der Waals surface area contributed by atoms with Crippen LogP contribution >= 0.6 is 0 Å². The molecule has 4 N–H and O–H groups in total. The summed E-state index contributed by atoms with van der Waals surface area (Å²) >= 11 is 0. The number of aromatic amines is 1. The normalized spacial score (nSPS) is 24.9. The maximum Gasteiger partial charge on any atom is 0.257 e. The van der Waals surface area contributed by atoms with Crippen LogP contribution in [0.5, 0.6) is 0 Å². The number of hydrogen-bond donors (Lipinski definition) is 3. The van der Waals surface area contributed by atoms with Crippen molar-refractivity contribution in [2.24, 2.45) is 5.92 Å². The fraction of sp³-hybridized carbons (Fsp3) is 0.600. The van der Waals surface area contributed by atoms with Gasteiger partial charge in [0.05, 0.1) is 11.3 Å². The van der Waals surface area contributed by atoms with Crippen molar-refractivity contribution in [2.45, 2.75) is 31.8 Å². The molecule has 1 unspecified atom stereocenters. The third kappa shape index (κ3) is 1.52. The van der Waals surface area contributed by atoms with E-state index >= 15 is 0 Å². The summed E-state index contributed by atoms with van der Waals surface area (Å²) < 4.78 is 0. The SMILES string of the molecule is Nc1nc2c(c(=O)[nH]1)CNC(C1CC1)C2. The van der Waals surface area contributed by atoms with Crippen LogP contribution in [-0.2, 0) is 13.0 Å². The van der Waals surface area contributed by atoms with Crippen molar-refractivity contribution in [1.82, 2.24) is 15.3 Å². The summed E-state index contributed by atoms with van der Waals surface area (Å²) in [6, 6.07) is 0.492. The van der Waals surface area contributed by atoms with Crippen molar-refractivity contribution in [2.75, 3.05) is 5.73 Å². The zero-order valence-corrected chi connectivity index (χ0v) is 8.42. The van der Waals surface area contributed by atoms with Gasteiger partial charge in [-0.05, 0) is 18.8 Å². The predicted molar refractivity (Wildman–Crippen MR) is 56.3 cm³/mol. The number of rotatable bonds is 1. The van der Waals surface area contributed by atoms with Crippen molar-refractivity contribution in [1.29, 1.82) is 0 Å². The molecule has 1 atom stereocenters. The van der Waals surface area contributed by atoms with Crippen molar-refractivity contribution < 1.29 is 0 Å². The molecule has 1 saturated carbocycles. The Kier molecular flexibility index (Phi) is 1.82. The highest BCUT2D eigenvalue weighted by Crippen LogP contribution is 2.35. The summed E-state index contributed by atoms with van der Waals surface area (Å²) in [6.45, 7) is 0.624. The van der Waals surface area contributed by atoms with Crippen LogP contribution in [0.2, 0.25) is 0 Å². The molecule has 1 aromatic heterocycles. The van der Waals surface area contributed by atoms with E-state index in [0.717, 1.165) is 23.6 Å². The summed E-state index contributed by atoms with van der Waals surface area (Å²) in [5.74, 6) is 1.01. The number of aromatic nitrogens is 2. The molecule has 5 nitrogen and oxygen atoms in total. The van der Waals surface area contributed by atoms with Gasteiger partial charge < -0.3 is 11.1 Å². The lowest BCUT2D eigenvalue weighted by molar-refractivity contribution is 0.426. The second-order valence-electron chi connectivity index (χ2n) is 4.41. The number of nitrogens with two attached hydrogens (primary N) is 1. The fourth-order valence-corrected chi connectivity index (χ4v) is 2.26. The molecule has 80 valence electrons. The van der Waals surface area contributed by atoms with Gasteiger partial charge in [0.25, 0.3) is 5.56 Å². The average molecular weight is 206 g/mol. The van der Waals surface area contributed by atoms with Crippen LogP contribution in [0.15, 0.2) is 4.79 Å². The van der Waals surface area contributed by atoms with Crippen LogP contribution in [0.25, 0.3) is 0 Å². The van der Waals surface area contributed by atoms with Crippen LogP contribution in [0, 0.1) is 5.92 Å². The molecule has 0 bridgehead atoms. The van der Waals surface area contributed by atoms with Crippen molar-refractivity contribution >= 4 is 5.95 Å². The first-order valence-electron chi connectivity index (χ1n) is 5.35. The Balaban J connectivity index is 1.97. The Labute approximate surface area is 87.1 Å². The van der Waals surface area contributed by atoms with Crippen LogP contribution in [0.3, 0.4) is 0 Å². The Hall–Kier alpha value is -1.36. The van der Waals surface area contributed by atoms with Gasteiger partial charge in [0, 0.05) is 19.0 Å². The highest BCUT2D eigenvalue weighted by Gasteiger charge is 2.34. The highest BCUT2D eigenvalue weighted by molar-refractivity contribution is 5.28. The molecule has 0 saturated heterocycles. The molecular formula is C10H14N4O. The summed E-state index contributed by atoms with van der Waals surface area (Å²) in [5.41, 5.74) is 7.07. The largest absolute Gasteiger partial charge is 0.369 e. The number of hydrogen-bond acceptors (Lipinski definition) is 4. The van der Waals surface area contributed by atoms with Gasteiger partial charge >= 0.3 is 0 Å². The number of fused-ring (bicyclic) bond motifs is 1. The summed E-state index contributed by atoms with van der Waals surface area (Å²) in [7, 11) is 0. The van der Waals surface area contributed by atoms with Crippen LogP contribution in [-0.4, -0.2) is 16.0 Å². The average Bonchev–Trinajstić information content (AvgIpc) is 2.99. The van der Waals surface area contributed by atoms with E-state index in [-0.39, 0.29) is 11.5 Å². The van der Waals surface area contributed by atoms with E-state index in [0.29, 0.717) is 12.6 Å². The maximum absolute atomic E-state index is 11.6. The van der Waals surface area contributed by atoms with E-state index in [4.69, 9.17) is 5.73 Å². The third-order valence-corrected chi connectivity index (χ3v) is 3.26. The molecule has 0 amide bonds. The van der Waals surface area contributed by atoms with E-state index in [1.54, 1.807) is 0 Å². The number of anilines is 1. The molecule has 0 aromatic carbocycles. The quantitative estimate of drug-likeness (QED) is 0.593. The monoisotopic (exact) mass is 206 g/mol. The van der Waals surface area contributed by atoms with E-state index in [2.05, 4.69) is 15.3 Å². The lowest BCUT2D eigenvalue weighted by Gasteiger charge is -2.24. The van der Waals surface area contributed by atoms with E-state index < -0.39 is 0 Å². The zero-order valence-electron chi connectivity index (χ0n) is 8.42. The van der Waals surface area contributed by atoms with Crippen molar-refractivity contribution in [3.63, 3.8) is 0 Å². The van der Waals surface area contributed by atoms with E-state index in [9.17, 15) is 4.79 Å². The standard InChI is InChI=1S/C10H14N4O/c11-10-13-8-3-7(5-1-2-5)12-4-6(8)9(15)14-10/h5,7,12H,1-4H2,(H3,11,13,14,15). The molecule has 2 aliphatic rings. The molecule has 2 heterocycles. The van der Waals surface area contributed by atoms with Gasteiger partial charge in [-0.25, -0.2) is 4.98 Å². The van der Waals surface area contributed by atoms with Crippen molar-refractivity contribution in [3.8, 4) is 0 Å². The number of H-pyrrole nitrogens is 1. The lowest BCUT2D eigenvalue weighted by atomic mass is 9.99. The highest BCUT2D eigenvalue weighted by atomic mass is 16.1.